The summed E-state index contributed by atoms with van der Waals surface area (Å²) in [6, 6.07) is 4.59. The average Bonchev–Trinajstić information content (AvgIpc) is 2.93. The highest BCUT2D eigenvalue weighted by atomic mass is 16.5. The van der Waals surface area contributed by atoms with Gasteiger partial charge in [-0.1, -0.05) is 0 Å². The molecule has 3 rings (SSSR count). The summed E-state index contributed by atoms with van der Waals surface area (Å²) in [5.41, 5.74) is 0.678. The largest absolute Gasteiger partial charge is 0.375 e. The summed E-state index contributed by atoms with van der Waals surface area (Å²) in [6.07, 6.45) is 7.26. The summed E-state index contributed by atoms with van der Waals surface area (Å²) in [5, 5.41) is 3.67. The molecule has 0 aromatic carbocycles. The van der Waals surface area contributed by atoms with E-state index in [0.29, 0.717) is 29.9 Å². The quantitative estimate of drug-likeness (QED) is 0.902. The van der Waals surface area contributed by atoms with Crippen LogP contribution in [0.15, 0.2) is 24.5 Å². The number of rotatable bonds is 5. The second kappa shape index (κ2) is 6.75. The van der Waals surface area contributed by atoms with Crippen molar-refractivity contribution in [1.82, 2.24) is 15.2 Å². The van der Waals surface area contributed by atoms with Crippen molar-refractivity contribution in [3.63, 3.8) is 0 Å². The Labute approximate surface area is 132 Å². The van der Waals surface area contributed by atoms with Gasteiger partial charge in [0.05, 0.1) is 17.8 Å². The summed E-state index contributed by atoms with van der Waals surface area (Å²) < 4.78 is 5.79. The molecule has 1 N–H and O–H groups in total. The number of nitrogens with zero attached hydrogens (tertiary/aromatic N) is 2. The van der Waals surface area contributed by atoms with Gasteiger partial charge < -0.3 is 15.0 Å². The second-order valence-electron chi connectivity index (χ2n) is 6.62. The van der Waals surface area contributed by atoms with Crippen LogP contribution in [0.2, 0.25) is 0 Å². The fourth-order valence-electron chi connectivity index (χ4n) is 3.28. The summed E-state index contributed by atoms with van der Waals surface area (Å²) in [5.74, 6) is 0.0898. The van der Waals surface area contributed by atoms with Crippen LogP contribution in [0.4, 0.5) is 0 Å². The molecule has 2 fully saturated rings. The third-order valence-electron chi connectivity index (χ3n) is 4.41. The van der Waals surface area contributed by atoms with Crippen molar-refractivity contribution < 1.29 is 9.53 Å². The van der Waals surface area contributed by atoms with Gasteiger partial charge in [-0.3, -0.25) is 9.78 Å². The fraction of sp³-hybridized carbons (Fsp3) is 0.647. The molecule has 1 unspecified atom stereocenters. The number of hydrogen-bond acceptors (Lipinski definition) is 4. The van der Waals surface area contributed by atoms with Crippen molar-refractivity contribution in [2.24, 2.45) is 0 Å². The van der Waals surface area contributed by atoms with Crippen LogP contribution in [-0.4, -0.2) is 53.2 Å². The maximum absolute atomic E-state index is 12.4. The molecule has 1 aromatic rings. The number of hydrogen-bond donors (Lipinski definition) is 1. The molecule has 0 bridgehead atoms. The lowest BCUT2D eigenvalue weighted by Crippen LogP contribution is -2.50. The maximum atomic E-state index is 12.4. The van der Waals surface area contributed by atoms with Crippen molar-refractivity contribution in [2.45, 2.75) is 57.4 Å². The normalized spacial score (nSPS) is 28.0. The van der Waals surface area contributed by atoms with Crippen LogP contribution in [-0.2, 0) is 4.74 Å². The first kappa shape index (κ1) is 15.4. The Morgan fingerprint density at radius 1 is 1.41 bits per heavy atom. The van der Waals surface area contributed by atoms with E-state index in [0.717, 1.165) is 32.4 Å². The third kappa shape index (κ3) is 3.65. The van der Waals surface area contributed by atoms with E-state index < -0.39 is 0 Å². The number of carbonyl (C=O) groups excluding carboxylic acids is 1. The van der Waals surface area contributed by atoms with E-state index in [2.05, 4.69) is 24.1 Å². The molecule has 5 heteroatoms. The third-order valence-corrected chi connectivity index (χ3v) is 4.41. The maximum Gasteiger partial charge on any atom is 0.255 e. The molecule has 1 atom stereocenters. The Morgan fingerprint density at radius 3 is 2.91 bits per heavy atom. The van der Waals surface area contributed by atoms with Gasteiger partial charge in [0.25, 0.3) is 5.91 Å². The molecule has 2 aliphatic rings. The molecule has 120 valence electrons. The number of amides is 1. The summed E-state index contributed by atoms with van der Waals surface area (Å²) in [6.45, 7) is 5.78. The van der Waals surface area contributed by atoms with Crippen molar-refractivity contribution in [2.75, 3.05) is 13.1 Å². The average molecular weight is 303 g/mol. The Balaban J connectivity index is 1.43. The first-order valence-electron chi connectivity index (χ1n) is 8.22. The van der Waals surface area contributed by atoms with Crippen LogP contribution in [0.3, 0.4) is 0 Å². The predicted octanol–water partition coefficient (Wildman–Crippen LogP) is 1.84. The lowest BCUT2D eigenvalue weighted by atomic mass is 9.88. The van der Waals surface area contributed by atoms with Crippen LogP contribution in [0.5, 0.6) is 0 Å². The first-order chi connectivity index (χ1) is 10.6. The topological polar surface area (TPSA) is 54.5 Å². The van der Waals surface area contributed by atoms with E-state index >= 15 is 0 Å². The lowest BCUT2D eigenvalue weighted by Gasteiger charge is -2.38. The summed E-state index contributed by atoms with van der Waals surface area (Å²) >= 11 is 0. The van der Waals surface area contributed by atoms with E-state index in [9.17, 15) is 4.79 Å². The molecule has 1 saturated heterocycles. The minimum atomic E-state index is 0.0898. The summed E-state index contributed by atoms with van der Waals surface area (Å²) in [7, 11) is 0. The number of carbonyl (C=O) groups is 1. The molecule has 22 heavy (non-hydrogen) atoms. The van der Waals surface area contributed by atoms with Gasteiger partial charge in [-0.15, -0.1) is 0 Å². The van der Waals surface area contributed by atoms with Crippen LogP contribution in [0.1, 0.15) is 43.5 Å². The molecular weight excluding hydrogens is 278 g/mol. The molecule has 1 aliphatic heterocycles. The Bertz CT molecular complexity index is 500. The highest BCUT2D eigenvalue weighted by Crippen LogP contribution is 2.26. The predicted molar refractivity (Wildman–Crippen MR) is 84.7 cm³/mol. The van der Waals surface area contributed by atoms with Gasteiger partial charge >= 0.3 is 0 Å². The summed E-state index contributed by atoms with van der Waals surface area (Å²) in [4.78, 5) is 18.3. The Morgan fingerprint density at radius 2 is 2.23 bits per heavy atom. The van der Waals surface area contributed by atoms with E-state index in [4.69, 9.17) is 4.74 Å². The number of pyridine rings is 1. The molecular formula is C17H25N3O2. The van der Waals surface area contributed by atoms with E-state index in [1.54, 1.807) is 12.4 Å². The Kier molecular flexibility index (Phi) is 4.74. The van der Waals surface area contributed by atoms with Gasteiger partial charge in [-0.05, 0) is 45.2 Å². The highest BCUT2D eigenvalue weighted by molar-refractivity contribution is 5.94. The van der Waals surface area contributed by atoms with E-state index in [1.165, 1.54) is 0 Å². The van der Waals surface area contributed by atoms with Gasteiger partial charge in [-0.25, -0.2) is 0 Å². The van der Waals surface area contributed by atoms with Crippen molar-refractivity contribution in [3.05, 3.63) is 30.1 Å². The van der Waals surface area contributed by atoms with Gasteiger partial charge in [0.15, 0.2) is 0 Å². The molecule has 1 amide bonds. The molecule has 0 radical (unpaired) electrons. The lowest BCUT2D eigenvalue weighted by molar-refractivity contribution is -0.0512. The first-order valence-corrected chi connectivity index (χ1v) is 8.22. The minimum Gasteiger partial charge on any atom is -0.375 e. The van der Waals surface area contributed by atoms with Gasteiger partial charge in [0.2, 0.25) is 0 Å². The molecule has 5 nitrogen and oxygen atoms in total. The molecule has 2 heterocycles. The SMILES string of the molecule is CC(C)OC1CC(NC2CCN(C(=O)c3cccnc3)C2)C1. The van der Waals surface area contributed by atoms with Crippen molar-refractivity contribution in [3.8, 4) is 0 Å². The van der Waals surface area contributed by atoms with Crippen molar-refractivity contribution in [1.29, 1.82) is 0 Å². The van der Waals surface area contributed by atoms with Crippen LogP contribution in [0, 0.1) is 0 Å². The molecule has 1 saturated carbocycles. The number of aromatic nitrogens is 1. The van der Waals surface area contributed by atoms with Gasteiger partial charge in [0.1, 0.15) is 0 Å². The zero-order valence-corrected chi connectivity index (χ0v) is 13.4. The fourth-order valence-corrected chi connectivity index (χ4v) is 3.28. The van der Waals surface area contributed by atoms with Gasteiger partial charge in [0, 0.05) is 37.6 Å². The van der Waals surface area contributed by atoms with Gasteiger partial charge in [-0.2, -0.15) is 0 Å². The number of likely N-dealkylation sites (tertiary alicyclic amines) is 1. The van der Waals surface area contributed by atoms with Crippen molar-refractivity contribution >= 4 is 5.91 Å². The smallest absolute Gasteiger partial charge is 0.255 e. The van der Waals surface area contributed by atoms with E-state index in [1.807, 2.05) is 17.0 Å². The van der Waals surface area contributed by atoms with Crippen LogP contribution >= 0.6 is 0 Å². The number of nitrogens with one attached hydrogen (secondary N) is 1. The highest BCUT2D eigenvalue weighted by Gasteiger charge is 2.34. The number of ether oxygens (including phenoxy) is 1. The standard InChI is InChI=1S/C17H25N3O2/c1-12(2)22-16-8-15(9-16)19-14-5-7-20(11-14)17(21)13-4-3-6-18-10-13/h3-4,6,10,12,14-16,19H,5,7-9,11H2,1-2H3. The van der Waals surface area contributed by atoms with E-state index in [-0.39, 0.29) is 5.91 Å². The van der Waals surface area contributed by atoms with Crippen LogP contribution < -0.4 is 5.32 Å². The monoisotopic (exact) mass is 303 g/mol. The minimum absolute atomic E-state index is 0.0898. The molecule has 1 aromatic heterocycles. The zero-order chi connectivity index (χ0) is 15.5. The zero-order valence-electron chi connectivity index (χ0n) is 13.4. The second-order valence-corrected chi connectivity index (χ2v) is 6.62. The molecule has 1 aliphatic carbocycles. The molecule has 0 spiro atoms. The Hall–Kier alpha value is -1.46. The van der Waals surface area contributed by atoms with Crippen LogP contribution in [0.25, 0.3) is 0 Å².